The van der Waals surface area contributed by atoms with Gasteiger partial charge in [-0.3, -0.25) is 0 Å². The molecular formula is C18H31N3O3. The number of nitrogens with zero attached hydrogens (tertiary/aromatic N) is 2. The number of aliphatic hydroxyl groups is 1. The number of carbonyl (C=O) groups is 1. The van der Waals surface area contributed by atoms with E-state index in [2.05, 4.69) is 31.2 Å². The highest BCUT2D eigenvalue weighted by Crippen LogP contribution is 2.34. The summed E-state index contributed by atoms with van der Waals surface area (Å²) in [5, 5.41) is 17.0. The lowest BCUT2D eigenvalue weighted by Crippen LogP contribution is -2.54. The van der Waals surface area contributed by atoms with E-state index >= 15 is 0 Å². The highest BCUT2D eigenvalue weighted by Gasteiger charge is 2.43. The second-order valence-electron chi connectivity index (χ2n) is 7.56. The van der Waals surface area contributed by atoms with E-state index in [1.807, 2.05) is 18.7 Å². The highest BCUT2D eigenvalue weighted by molar-refractivity contribution is 5.75. The van der Waals surface area contributed by atoms with Crippen molar-refractivity contribution in [2.45, 2.75) is 65.3 Å². The lowest BCUT2D eigenvalue weighted by atomic mass is 9.87. The minimum atomic E-state index is -0.412. The van der Waals surface area contributed by atoms with Crippen LogP contribution in [0.2, 0.25) is 0 Å². The molecule has 1 fully saturated rings. The molecule has 2 rings (SSSR count). The molecule has 0 bridgehead atoms. The number of hydrogen-bond acceptors (Lipinski definition) is 4. The molecule has 0 unspecified atom stereocenters. The van der Waals surface area contributed by atoms with Crippen molar-refractivity contribution in [1.82, 2.24) is 15.4 Å². The molecule has 0 aromatic carbocycles. The third-order valence-corrected chi connectivity index (χ3v) is 5.06. The number of urea groups is 1. The summed E-state index contributed by atoms with van der Waals surface area (Å²) >= 11 is 0. The van der Waals surface area contributed by atoms with Crippen LogP contribution in [0.15, 0.2) is 4.52 Å². The van der Waals surface area contributed by atoms with Gasteiger partial charge in [-0.05, 0) is 39.0 Å². The third kappa shape index (κ3) is 3.74. The minimum Gasteiger partial charge on any atom is -0.394 e. The Kier molecular flexibility index (Phi) is 5.91. The lowest BCUT2D eigenvalue weighted by molar-refractivity contribution is 0.0676. The Morgan fingerprint density at radius 2 is 2.12 bits per heavy atom. The Labute approximate surface area is 144 Å². The van der Waals surface area contributed by atoms with E-state index in [1.165, 1.54) is 0 Å². The Morgan fingerprint density at radius 1 is 1.42 bits per heavy atom. The summed E-state index contributed by atoms with van der Waals surface area (Å²) in [6.45, 7) is 11.4. The van der Waals surface area contributed by atoms with Gasteiger partial charge in [-0.2, -0.15) is 0 Å². The van der Waals surface area contributed by atoms with Crippen LogP contribution in [0.3, 0.4) is 0 Å². The number of nitrogens with one attached hydrogen (secondary N) is 1. The molecule has 6 nitrogen and oxygen atoms in total. The van der Waals surface area contributed by atoms with E-state index in [-0.39, 0.29) is 18.6 Å². The zero-order valence-electron chi connectivity index (χ0n) is 15.6. The van der Waals surface area contributed by atoms with E-state index in [1.54, 1.807) is 0 Å². The molecule has 0 radical (unpaired) electrons. The Morgan fingerprint density at radius 3 is 2.67 bits per heavy atom. The maximum Gasteiger partial charge on any atom is 0.317 e. The van der Waals surface area contributed by atoms with E-state index in [9.17, 15) is 9.90 Å². The maximum atomic E-state index is 12.7. The van der Waals surface area contributed by atoms with E-state index < -0.39 is 5.54 Å². The summed E-state index contributed by atoms with van der Waals surface area (Å²) < 4.78 is 5.21. The molecule has 2 atom stereocenters. The number of amides is 2. The molecule has 2 amide bonds. The number of aromatic nitrogens is 1. The highest BCUT2D eigenvalue weighted by atomic mass is 16.5. The van der Waals surface area contributed by atoms with Gasteiger partial charge in [0.15, 0.2) is 0 Å². The van der Waals surface area contributed by atoms with Crippen LogP contribution in [0, 0.1) is 19.8 Å². The molecule has 0 aliphatic carbocycles. The molecule has 0 saturated carbocycles. The van der Waals surface area contributed by atoms with Gasteiger partial charge in [0.05, 0.1) is 17.8 Å². The molecule has 1 aromatic rings. The van der Waals surface area contributed by atoms with Gasteiger partial charge in [0, 0.05) is 24.6 Å². The fraction of sp³-hybridized carbons (Fsp3) is 0.778. The van der Waals surface area contributed by atoms with Crippen LogP contribution in [-0.2, 0) is 0 Å². The largest absolute Gasteiger partial charge is 0.394 e. The van der Waals surface area contributed by atoms with E-state index in [0.717, 1.165) is 36.3 Å². The van der Waals surface area contributed by atoms with Crippen LogP contribution in [0.25, 0.3) is 0 Å². The molecule has 1 aliphatic rings. The molecule has 1 saturated heterocycles. The van der Waals surface area contributed by atoms with Crippen molar-refractivity contribution in [3.05, 3.63) is 17.0 Å². The molecule has 2 N–H and O–H groups in total. The van der Waals surface area contributed by atoms with Gasteiger partial charge in [-0.25, -0.2) is 4.79 Å². The molecule has 1 aromatic heterocycles. The van der Waals surface area contributed by atoms with Crippen molar-refractivity contribution in [1.29, 1.82) is 0 Å². The number of hydrogen-bond donors (Lipinski definition) is 2. The predicted octanol–water partition coefficient (Wildman–Crippen LogP) is 2.98. The summed E-state index contributed by atoms with van der Waals surface area (Å²) in [5.41, 5.74) is 1.53. The smallest absolute Gasteiger partial charge is 0.317 e. The quantitative estimate of drug-likeness (QED) is 0.836. The molecule has 0 spiro atoms. The SMILES string of the molecule is Cc1noc(C)c1[C@@H](C)CNC(=O)N1CCC[C@]1(CO)CC(C)C. The molecule has 24 heavy (non-hydrogen) atoms. The zero-order chi connectivity index (χ0) is 17.9. The standard InChI is InChI=1S/C18H31N3O3/c1-12(2)9-18(11-22)7-6-8-21(18)17(23)19-10-13(3)16-14(4)20-24-15(16)5/h12-13,22H,6-11H2,1-5H3,(H,19,23)/t13-,18+/m0/s1. The summed E-state index contributed by atoms with van der Waals surface area (Å²) in [7, 11) is 0. The van der Waals surface area contributed by atoms with Crippen LogP contribution >= 0.6 is 0 Å². The van der Waals surface area contributed by atoms with Crippen molar-refractivity contribution in [3.8, 4) is 0 Å². The Balaban J connectivity index is 2.01. The van der Waals surface area contributed by atoms with Crippen molar-refractivity contribution < 1.29 is 14.4 Å². The Bertz CT molecular complexity index is 550. The maximum absolute atomic E-state index is 12.7. The first-order valence-electron chi connectivity index (χ1n) is 8.90. The first-order valence-corrected chi connectivity index (χ1v) is 8.90. The normalized spacial score (nSPS) is 22.2. The third-order valence-electron chi connectivity index (χ3n) is 5.06. The van der Waals surface area contributed by atoms with Gasteiger partial charge >= 0.3 is 6.03 Å². The van der Waals surface area contributed by atoms with Crippen LogP contribution in [-0.4, -0.2) is 46.4 Å². The van der Waals surface area contributed by atoms with Gasteiger partial charge in [-0.15, -0.1) is 0 Å². The minimum absolute atomic E-state index is 0.0258. The van der Waals surface area contributed by atoms with Crippen molar-refractivity contribution in [2.24, 2.45) is 5.92 Å². The van der Waals surface area contributed by atoms with Crippen LogP contribution < -0.4 is 5.32 Å². The zero-order valence-corrected chi connectivity index (χ0v) is 15.6. The van der Waals surface area contributed by atoms with Crippen LogP contribution in [0.5, 0.6) is 0 Å². The van der Waals surface area contributed by atoms with E-state index in [0.29, 0.717) is 19.0 Å². The first-order chi connectivity index (χ1) is 11.3. The average molecular weight is 337 g/mol. The Hall–Kier alpha value is -1.56. The summed E-state index contributed by atoms with van der Waals surface area (Å²) in [6.07, 6.45) is 2.64. The number of rotatable bonds is 6. The average Bonchev–Trinajstić information content (AvgIpc) is 3.08. The van der Waals surface area contributed by atoms with Gasteiger partial charge in [0.1, 0.15) is 5.76 Å². The number of likely N-dealkylation sites (tertiary alicyclic amines) is 1. The second-order valence-corrected chi connectivity index (χ2v) is 7.56. The van der Waals surface area contributed by atoms with Crippen molar-refractivity contribution in [3.63, 3.8) is 0 Å². The van der Waals surface area contributed by atoms with Crippen LogP contribution in [0.4, 0.5) is 4.79 Å². The fourth-order valence-electron chi connectivity index (χ4n) is 4.09. The molecule has 1 aliphatic heterocycles. The van der Waals surface area contributed by atoms with Gasteiger partial charge < -0.3 is 19.8 Å². The number of carbonyl (C=O) groups excluding carboxylic acids is 1. The second kappa shape index (κ2) is 7.55. The topological polar surface area (TPSA) is 78.6 Å². The predicted molar refractivity (Wildman–Crippen MR) is 93.0 cm³/mol. The number of aliphatic hydroxyl groups excluding tert-OH is 1. The number of aryl methyl sites for hydroxylation is 2. The van der Waals surface area contributed by atoms with Gasteiger partial charge in [-0.1, -0.05) is 25.9 Å². The van der Waals surface area contributed by atoms with Gasteiger partial charge in [0.25, 0.3) is 0 Å². The first kappa shape index (κ1) is 18.8. The van der Waals surface area contributed by atoms with E-state index in [4.69, 9.17) is 4.52 Å². The lowest BCUT2D eigenvalue weighted by Gasteiger charge is -2.38. The molecule has 2 heterocycles. The molecule has 6 heteroatoms. The summed E-state index contributed by atoms with van der Waals surface area (Å²) in [4.78, 5) is 14.6. The molecular weight excluding hydrogens is 306 g/mol. The fourth-order valence-corrected chi connectivity index (χ4v) is 4.09. The summed E-state index contributed by atoms with van der Waals surface area (Å²) in [6, 6.07) is -0.0826. The summed E-state index contributed by atoms with van der Waals surface area (Å²) in [5.74, 6) is 1.38. The van der Waals surface area contributed by atoms with Gasteiger partial charge in [0.2, 0.25) is 0 Å². The van der Waals surface area contributed by atoms with Crippen molar-refractivity contribution >= 4 is 6.03 Å². The van der Waals surface area contributed by atoms with Crippen molar-refractivity contribution in [2.75, 3.05) is 19.7 Å². The van der Waals surface area contributed by atoms with Crippen LogP contribution in [0.1, 0.15) is 63.0 Å². The monoisotopic (exact) mass is 337 g/mol. The molecule has 136 valence electrons.